The monoisotopic (exact) mass is 659 g/mol. The minimum absolute atomic E-state index is 0.0426. The van der Waals surface area contributed by atoms with Gasteiger partial charge in [0.25, 0.3) is 0 Å². The third-order valence-corrected chi connectivity index (χ3v) is 9.14. The summed E-state index contributed by atoms with van der Waals surface area (Å²) in [5, 5.41) is 4.79. The largest absolute Gasteiger partial charge is 0.445 e. The highest BCUT2D eigenvalue weighted by Crippen LogP contribution is 2.39. The molecule has 3 aromatic carbocycles. The molecule has 2 aliphatic rings. The summed E-state index contributed by atoms with van der Waals surface area (Å²) in [6, 6.07) is 21.9. The number of piperidine rings is 1. The summed E-state index contributed by atoms with van der Waals surface area (Å²) in [6.07, 6.45) is 5.64. The second kappa shape index (κ2) is 14.0. The molecule has 1 aliphatic carbocycles. The fraction of sp³-hybridized carbons (Fsp3) is 0.308. The lowest BCUT2D eigenvalue weighted by Gasteiger charge is -2.36. The number of rotatable bonds is 10. The summed E-state index contributed by atoms with van der Waals surface area (Å²) in [6.45, 7) is 5.33. The first-order valence-electron chi connectivity index (χ1n) is 16.7. The van der Waals surface area contributed by atoms with Gasteiger partial charge in [0.05, 0.1) is 11.3 Å². The summed E-state index contributed by atoms with van der Waals surface area (Å²) < 4.78 is 27.2. The number of likely N-dealkylation sites (tertiary alicyclic amines) is 1. The van der Waals surface area contributed by atoms with Crippen molar-refractivity contribution < 1.29 is 23.5 Å². The van der Waals surface area contributed by atoms with Gasteiger partial charge in [-0.2, -0.15) is 0 Å². The van der Waals surface area contributed by atoms with Crippen molar-refractivity contribution >= 4 is 28.6 Å². The zero-order chi connectivity index (χ0) is 33.9. The summed E-state index contributed by atoms with van der Waals surface area (Å²) in [4.78, 5) is 41.2. The maximum absolute atomic E-state index is 15.0. The van der Waals surface area contributed by atoms with Gasteiger partial charge in [-0.25, -0.2) is 24.1 Å². The predicted molar refractivity (Wildman–Crippen MR) is 185 cm³/mol. The number of ether oxygens (including phenoxy) is 2. The lowest BCUT2D eigenvalue weighted by molar-refractivity contribution is -0.119. The Balaban J connectivity index is 1.10. The minimum Gasteiger partial charge on any atom is -0.445 e. The van der Waals surface area contributed by atoms with Crippen LogP contribution in [0.5, 0.6) is 11.6 Å². The number of ketones is 1. The highest BCUT2D eigenvalue weighted by atomic mass is 19.1. The molecule has 2 aromatic heterocycles. The maximum atomic E-state index is 15.0. The van der Waals surface area contributed by atoms with Crippen LogP contribution in [0.3, 0.4) is 0 Å². The Morgan fingerprint density at radius 3 is 2.57 bits per heavy atom. The fourth-order valence-electron chi connectivity index (χ4n) is 6.50. The van der Waals surface area contributed by atoms with E-state index in [0.717, 1.165) is 30.4 Å². The Bertz CT molecular complexity index is 2000. The van der Waals surface area contributed by atoms with Crippen LogP contribution in [-0.2, 0) is 22.6 Å². The highest BCUT2D eigenvalue weighted by molar-refractivity contribution is 5.96. The number of nitrogens with zero attached hydrogens (tertiary/aromatic N) is 4. The number of nitrogens with one attached hydrogen (secondary N) is 1. The summed E-state index contributed by atoms with van der Waals surface area (Å²) in [7, 11) is 0. The number of amides is 1. The zero-order valence-corrected chi connectivity index (χ0v) is 27.6. The van der Waals surface area contributed by atoms with E-state index in [-0.39, 0.29) is 42.8 Å². The van der Waals surface area contributed by atoms with Crippen LogP contribution in [0.2, 0.25) is 0 Å². The van der Waals surface area contributed by atoms with Crippen LogP contribution >= 0.6 is 0 Å². The van der Waals surface area contributed by atoms with E-state index in [0.29, 0.717) is 58.3 Å². The summed E-state index contributed by atoms with van der Waals surface area (Å²) in [5.41, 5.74) is 3.43. The number of hydrogen-bond acceptors (Lipinski definition) is 8. The van der Waals surface area contributed by atoms with Gasteiger partial charge >= 0.3 is 6.09 Å². The highest BCUT2D eigenvalue weighted by Gasteiger charge is 2.31. The van der Waals surface area contributed by atoms with E-state index in [2.05, 4.69) is 22.2 Å². The summed E-state index contributed by atoms with van der Waals surface area (Å²) >= 11 is 0. The molecule has 0 unspecified atom stereocenters. The van der Waals surface area contributed by atoms with Gasteiger partial charge in [0.1, 0.15) is 24.0 Å². The van der Waals surface area contributed by atoms with Crippen molar-refractivity contribution in [3.05, 3.63) is 108 Å². The number of aryl methyl sites for hydroxylation is 1. The molecule has 0 spiro atoms. The van der Waals surface area contributed by atoms with E-state index in [1.54, 1.807) is 29.4 Å². The topological polar surface area (TPSA) is 107 Å². The zero-order valence-electron chi connectivity index (χ0n) is 27.6. The third-order valence-electron chi connectivity index (χ3n) is 9.14. The van der Waals surface area contributed by atoms with Crippen LogP contribution < -0.4 is 10.1 Å². The molecule has 3 heterocycles. The van der Waals surface area contributed by atoms with E-state index in [1.165, 1.54) is 6.07 Å². The van der Waals surface area contributed by atoms with Gasteiger partial charge in [-0.1, -0.05) is 49.4 Å². The first-order chi connectivity index (χ1) is 23.8. The average molecular weight is 660 g/mol. The second-order valence-corrected chi connectivity index (χ2v) is 13.1. The van der Waals surface area contributed by atoms with Crippen LogP contribution in [-0.4, -0.2) is 50.9 Å². The maximum Gasteiger partial charge on any atom is 0.410 e. The molecule has 2 atom stereocenters. The molecule has 1 N–H and O–H groups in total. The molecule has 2 fully saturated rings. The van der Waals surface area contributed by atoms with E-state index in [1.807, 2.05) is 61.5 Å². The first kappa shape index (κ1) is 32.2. The lowest BCUT2D eigenvalue weighted by atomic mass is 9.96. The van der Waals surface area contributed by atoms with Crippen LogP contribution in [0, 0.1) is 24.6 Å². The van der Waals surface area contributed by atoms with Crippen molar-refractivity contribution in [1.29, 1.82) is 0 Å². The smallest absolute Gasteiger partial charge is 0.410 e. The number of hydrogen-bond donors (Lipinski definition) is 1. The van der Waals surface area contributed by atoms with Crippen molar-refractivity contribution in [2.24, 2.45) is 11.8 Å². The van der Waals surface area contributed by atoms with Crippen LogP contribution in [0.15, 0.2) is 85.2 Å². The fourth-order valence-corrected chi connectivity index (χ4v) is 6.50. The molecule has 9 nitrogen and oxygen atoms in total. The molecule has 5 aromatic rings. The van der Waals surface area contributed by atoms with Crippen molar-refractivity contribution in [2.45, 2.75) is 52.2 Å². The van der Waals surface area contributed by atoms with E-state index >= 15 is 4.39 Å². The Morgan fingerprint density at radius 2 is 1.76 bits per heavy atom. The van der Waals surface area contributed by atoms with Gasteiger partial charge in [-0.3, -0.25) is 4.79 Å². The number of Topliss-reactive ketones (excluding diaryl/α,β-unsaturated/α-hetero) is 1. The predicted octanol–water partition coefficient (Wildman–Crippen LogP) is 7.91. The van der Waals surface area contributed by atoms with Crippen LogP contribution in [0.25, 0.3) is 22.0 Å². The van der Waals surface area contributed by atoms with E-state index < -0.39 is 5.82 Å². The number of anilines is 1. The van der Waals surface area contributed by atoms with Crippen LogP contribution in [0.4, 0.5) is 15.1 Å². The van der Waals surface area contributed by atoms with E-state index in [9.17, 15) is 9.59 Å². The van der Waals surface area contributed by atoms with Gasteiger partial charge in [-0.15, -0.1) is 0 Å². The van der Waals surface area contributed by atoms with Gasteiger partial charge in [-0.05, 0) is 78.9 Å². The number of fused-ring (bicyclic) bond motifs is 1. The Morgan fingerprint density at radius 1 is 0.939 bits per heavy atom. The van der Waals surface area contributed by atoms with Crippen molar-refractivity contribution in [3.8, 4) is 22.9 Å². The lowest BCUT2D eigenvalue weighted by Crippen LogP contribution is -2.48. The normalized spacial score (nSPS) is 17.5. The SMILES string of the molecule is Cc1ccc2c(CC(=O)C3CC3)c(F)ccc2c1Oc1ncccc1-c1ccnc(N[C@H]2C[C@@H](C)CN(C(=O)OCc3ccccc3)C2)n1. The molecule has 1 saturated carbocycles. The molecule has 250 valence electrons. The number of aromatic nitrogens is 3. The number of carbonyl (C=O) groups is 2. The van der Waals surface area contributed by atoms with Crippen molar-refractivity contribution in [1.82, 2.24) is 19.9 Å². The molecule has 0 radical (unpaired) electrons. The molecule has 0 bridgehead atoms. The molecule has 1 amide bonds. The Labute approximate surface area is 284 Å². The van der Waals surface area contributed by atoms with Crippen molar-refractivity contribution in [3.63, 3.8) is 0 Å². The standard InChI is InChI=1S/C39H38FN5O4/c1-24-19-28(22-45(21-24)39(47)48-23-26-7-4-3-5-8-26)43-38-42-18-16-34(44-38)31-9-6-17-41-37(31)49-36-25(2)10-13-29-30(36)14-15-33(40)32(29)20-35(46)27-11-12-27/h3-10,13-18,24,27-28H,11-12,19-23H2,1-2H3,(H,42,43,44)/t24-,28+/m1/s1. The van der Waals surface area contributed by atoms with Crippen LogP contribution in [0.1, 0.15) is 42.9 Å². The molecule has 7 rings (SSSR count). The molecule has 10 heteroatoms. The number of pyridine rings is 1. The quantitative estimate of drug-likeness (QED) is 0.161. The minimum atomic E-state index is -0.393. The van der Waals surface area contributed by atoms with Gasteiger partial charge in [0.15, 0.2) is 0 Å². The second-order valence-electron chi connectivity index (χ2n) is 13.1. The molecule has 49 heavy (non-hydrogen) atoms. The number of benzene rings is 3. The molecule has 1 saturated heterocycles. The summed E-state index contributed by atoms with van der Waals surface area (Å²) in [5.74, 6) is 1.28. The van der Waals surface area contributed by atoms with Crippen molar-refractivity contribution in [2.75, 3.05) is 18.4 Å². The van der Waals surface area contributed by atoms with Gasteiger partial charge < -0.3 is 19.7 Å². The third kappa shape index (κ3) is 7.38. The van der Waals surface area contributed by atoms with Gasteiger partial charge in [0, 0.05) is 54.8 Å². The average Bonchev–Trinajstić information content (AvgIpc) is 3.96. The first-order valence-corrected chi connectivity index (χ1v) is 16.7. The number of carbonyl (C=O) groups excluding carboxylic acids is 2. The molecular formula is C39H38FN5O4. The molecule has 1 aliphatic heterocycles. The van der Waals surface area contributed by atoms with E-state index in [4.69, 9.17) is 14.5 Å². The number of halogens is 1. The Hall–Kier alpha value is -5.38. The Kier molecular flexibility index (Phi) is 9.19. The molecular weight excluding hydrogens is 621 g/mol. The van der Waals surface area contributed by atoms with Gasteiger partial charge in [0.2, 0.25) is 11.8 Å².